The Hall–Kier alpha value is -2.54. The van der Waals surface area contributed by atoms with Crippen LogP contribution in [-0.2, 0) is 21.5 Å². The van der Waals surface area contributed by atoms with Gasteiger partial charge in [-0.25, -0.2) is 13.2 Å². The lowest BCUT2D eigenvalue weighted by Gasteiger charge is -2.42. The lowest BCUT2D eigenvalue weighted by Crippen LogP contribution is -2.60. The molecule has 2 aromatic carbocycles. The van der Waals surface area contributed by atoms with Crippen LogP contribution in [0.2, 0.25) is 5.02 Å². The number of fused-ring (bicyclic) bond motifs is 1. The van der Waals surface area contributed by atoms with Crippen molar-refractivity contribution in [1.82, 2.24) is 5.32 Å². The van der Waals surface area contributed by atoms with Gasteiger partial charge in [-0.1, -0.05) is 43.6 Å². The summed E-state index contributed by atoms with van der Waals surface area (Å²) in [6, 6.07) is 9.79. The quantitative estimate of drug-likeness (QED) is 0.632. The van der Waals surface area contributed by atoms with Gasteiger partial charge >= 0.3 is 0 Å². The SMILES string of the molecule is CC.O=CN(c1cccc(F)c1)C1(C(=O)NC2CC(F)(F)C2)CCc2cccc(Cl)c21. The van der Waals surface area contributed by atoms with E-state index < -0.39 is 42.1 Å². The first-order valence-corrected chi connectivity index (χ1v) is 10.6. The number of nitrogens with zero attached hydrogens (tertiary/aromatic N) is 1. The number of halogens is 4. The first-order chi connectivity index (χ1) is 14.8. The molecule has 2 amide bonds. The molecule has 0 aromatic heterocycles. The summed E-state index contributed by atoms with van der Waals surface area (Å²) in [5.41, 5.74) is -0.132. The fraction of sp³-hybridized carbons (Fsp3) is 0.391. The third kappa shape index (κ3) is 4.15. The van der Waals surface area contributed by atoms with Crippen molar-refractivity contribution in [1.29, 1.82) is 0 Å². The van der Waals surface area contributed by atoms with Gasteiger partial charge in [0.05, 0.1) is 0 Å². The van der Waals surface area contributed by atoms with Gasteiger partial charge in [-0.05, 0) is 42.7 Å². The van der Waals surface area contributed by atoms with E-state index in [2.05, 4.69) is 5.32 Å². The number of aryl methyl sites for hydroxylation is 1. The Kier molecular flexibility index (Phi) is 6.65. The molecule has 0 saturated heterocycles. The van der Waals surface area contributed by atoms with Crippen LogP contribution in [0.1, 0.15) is 44.2 Å². The number of hydrogen-bond donors (Lipinski definition) is 1. The standard InChI is InChI=1S/C21H18ClF3N2O2.C2H6/c22-17-6-1-3-13-7-8-21(18(13)17,19(29)26-15-10-20(24,25)11-15)27(12-28)16-5-2-4-14(23)9-16;1-2/h1-6,9,12,15H,7-8,10-11H2,(H,26,29);1-2H3. The largest absolute Gasteiger partial charge is 0.351 e. The predicted octanol–water partition coefficient (Wildman–Crippen LogP) is 5.22. The molecule has 0 bridgehead atoms. The molecule has 31 heavy (non-hydrogen) atoms. The van der Waals surface area contributed by atoms with Crippen molar-refractivity contribution in [3.05, 3.63) is 64.4 Å². The minimum atomic E-state index is -2.80. The van der Waals surface area contributed by atoms with E-state index in [4.69, 9.17) is 11.6 Å². The summed E-state index contributed by atoms with van der Waals surface area (Å²) < 4.78 is 40.4. The summed E-state index contributed by atoms with van der Waals surface area (Å²) in [5, 5.41) is 2.94. The predicted molar refractivity (Wildman–Crippen MR) is 114 cm³/mol. The van der Waals surface area contributed by atoms with E-state index in [0.29, 0.717) is 18.4 Å². The van der Waals surface area contributed by atoms with Gasteiger partial charge in [0.15, 0.2) is 5.54 Å². The van der Waals surface area contributed by atoms with E-state index in [1.807, 2.05) is 19.9 Å². The van der Waals surface area contributed by atoms with E-state index in [-0.39, 0.29) is 17.1 Å². The zero-order chi connectivity index (χ0) is 22.8. The molecule has 0 heterocycles. The molecule has 2 aliphatic carbocycles. The normalized spacial score (nSPS) is 21.2. The van der Waals surface area contributed by atoms with Gasteiger partial charge in [0.1, 0.15) is 5.82 Å². The molecule has 2 aromatic rings. The highest BCUT2D eigenvalue weighted by atomic mass is 35.5. The number of amides is 2. The lowest BCUT2D eigenvalue weighted by molar-refractivity contribution is -0.135. The van der Waals surface area contributed by atoms with Crippen molar-refractivity contribution in [2.24, 2.45) is 0 Å². The summed E-state index contributed by atoms with van der Waals surface area (Å²) in [6.07, 6.45) is 0.221. The summed E-state index contributed by atoms with van der Waals surface area (Å²) in [7, 11) is 0. The number of hydrogen-bond acceptors (Lipinski definition) is 2. The number of nitrogens with one attached hydrogen (secondary N) is 1. The molecule has 0 aliphatic heterocycles. The van der Waals surface area contributed by atoms with Crippen LogP contribution in [0.15, 0.2) is 42.5 Å². The van der Waals surface area contributed by atoms with Gasteiger partial charge in [-0.2, -0.15) is 0 Å². The number of benzene rings is 2. The van der Waals surface area contributed by atoms with E-state index in [1.54, 1.807) is 12.1 Å². The number of carbonyl (C=O) groups excluding carboxylic acids is 2. The second-order valence-electron chi connectivity index (χ2n) is 7.52. The fourth-order valence-corrected chi connectivity index (χ4v) is 4.67. The first-order valence-electron chi connectivity index (χ1n) is 10.2. The minimum Gasteiger partial charge on any atom is -0.351 e. The molecule has 1 saturated carbocycles. The molecule has 166 valence electrons. The van der Waals surface area contributed by atoms with Crippen LogP contribution in [0, 0.1) is 5.82 Å². The molecule has 1 atom stereocenters. The van der Waals surface area contributed by atoms with Crippen molar-refractivity contribution in [2.45, 2.75) is 57.0 Å². The fourth-order valence-electron chi connectivity index (χ4n) is 4.32. The maximum Gasteiger partial charge on any atom is 0.252 e. The van der Waals surface area contributed by atoms with Crippen LogP contribution in [0.4, 0.5) is 18.9 Å². The van der Waals surface area contributed by atoms with Crippen LogP contribution < -0.4 is 10.2 Å². The van der Waals surface area contributed by atoms with Gasteiger partial charge in [0.25, 0.3) is 11.8 Å². The molecule has 4 nitrogen and oxygen atoms in total. The van der Waals surface area contributed by atoms with Crippen molar-refractivity contribution in [3.63, 3.8) is 0 Å². The Labute approximate surface area is 184 Å². The van der Waals surface area contributed by atoms with Crippen LogP contribution in [0.5, 0.6) is 0 Å². The minimum absolute atomic E-state index is 0.182. The molecule has 1 unspecified atom stereocenters. The zero-order valence-electron chi connectivity index (χ0n) is 17.3. The molecular formula is C23H24ClF3N2O2. The van der Waals surface area contributed by atoms with E-state index >= 15 is 0 Å². The Bertz CT molecular complexity index is 977. The summed E-state index contributed by atoms with van der Waals surface area (Å²) >= 11 is 6.43. The van der Waals surface area contributed by atoms with Crippen molar-refractivity contribution in [2.75, 3.05) is 4.90 Å². The molecule has 1 fully saturated rings. The number of rotatable bonds is 5. The maximum atomic E-state index is 13.9. The first kappa shape index (κ1) is 23.1. The molecule has 4 rings (SSSR count). The van der Waals surface area contributed by atoms with E-state index in [1.165, 1.54) is 18.2 Å². The molecule has 2 aliphatic rings. The van der Waals surface area contributed by atoms with E-state index in [9.17, 15) is 22.8 Å². The monoisotopic (exact) mass is 452 g/mol. The van der Waals surface area contributed by atoms with Crippen molar-refractivity contribution < 1.29 is 22.8 Å². The zero-order valence-corrected chi connectivity index (χ0v) is 18.1. The van der Waals surface area contributed by atoms with Crippen LogP contribution in [-0.4, -0.2) is 24.3 Å². The highest BCUT2D eigenvalue weighted by Crippen LogP contribution is 2.47. The van der Waals surface area contributed by atoms with Gasteiger partial charge in [0.2, 0.25) is 6.41 Å². The van der Waals surface area contributed by atoms with E-state index in [0.717, 1.165) is 16.5 Å². The third-order valence-corrected chi connectivity index (χ3v) is 5.99. The Morgan fingerprint density at radius 3 is 2.48 bits per heavy atom. The summed E-state index contributed by atoms with van der Waals surface area (Å²) in [4.78, 5) is 26.8. The van der Waals surface area contributed by atoms with Crippen molar-refractivity contribution >= 4 is 29.6 Å². The van der Waals surface area contributed by atoms with Crippen LogP contribution >= 0.6 is 11.6 Å². The Balaban J connectivity index is 0.00000132. The highest BCUT2D eigenvalue weighted by Gasteiger charge is 2.54. The second kappa shape index (κ2) is 8.91. The topological polar surface area (TPSA) is 49.4 Å². The van der Waals surface area contributed by atoms with Gasteiger partial charge in [0, 0.05) is 35.2 Å². The molecule has 0 radical (unpaired) electrons. The second-order valence-corrected chi connectivity index (χ2v) is 7.93. The molecular weight excluding hydrogens is 429 g/mol. The van der Waals surface area contributed by atoms with Crippen LogP contribution in [0.25, 0.3) is 0 Å². The summed E-state index contributed by atoms with van der Waals surface area (Å²) in [6.45, 7) is 4.00. The third-order valence-electron chi connectivity index (χ3n) is 5.67. The Morgan fingerprint density at radius 2 is 1.87 bits per heavy atom. The molecule has 1 N–H and O–H groups in total. The van der Waals surface area contributed by atoms with Gasteiger partial charge in [-0.3, -0.25) is 14.5 Å². The number of alkyl halides is 2. The summed E-state index contributed by atoms with van der Waals surface area (Å²) in [5.74, 6) is -3.97. The highest BCUT2D eigenvalue weighted by molar-refractivity contribution is 6.32. The van der Waals surface area contributed by atoms with Crippen molar-refractivity contribution in [3.8, 4) is 0 Å². The maximum absolute atomic E-state index is 13.9. The van der Waals surface area contributed by atoms with Gasteiger partial charge < -0.3 is 5.32 Å². The Morgan fingerprint density at radius 1 is 1.19 bits per heavy atom. The number of carbonyl (C=O) groups is 2. The van der Waals surface area contributed by atoms with Crippen LogP contribution in [0.3, 0.4) is 0 Å². The van der Waals surface area contributed by atoms with Gasteiger partial charge in [-0.15, -0.1) is 0 Å². The average Bonchev–Trinajstić information content (AvgIpc) is 3.11. The molecule has 0 spiro atoms. The average molecular weight is 453 g/mol. The lowest BCUT2D eigenvalue weighted by atomic mass is 9.84. The smallest absolute Gasteiger partial charge is 0.252 e. The number of anilines is 1. The molecule has 8 heteroatoms.